The molecule has 1 aliphatic rings. The first-order chi connectivity index (χ1) is 16.1. The van der Waals surface area contributed by atoms with Crippen LogP contribution in [0.15, 0.2) is 48.5 Å². The molecule has 0 unspecified atom stereocenters. The van der Waals surface area contributed by atoms with Gasteiger partial charge in [-0.15, -0.1) is 0 Å². The van der Waals surface area contributed by atoms with Gasteiger partial charge >= 0.3 is 5.97 Å². The minimum atomic E-state index is -0.898. The van der Waals surface area contributed by atoms with E-state index in [2.05, 4.69) is 37.3 Å². The average molecular weight is 446 g/mol. The predicted octanol–water partition coefficient (Wildman–Crippen LogP) is 8.75. The van der Waals surface area contributed by atoms with E-state index in [1.165, 1.54) is 56.9 Å². The summed E-state index contributed by atoms with van der Waals surface area (Å²) in [4.78, 5) is 11.0. The van der Waals surface area contributed by atoms with Crippen molar-refractivity contribution in [3.05, 3.63) is 59.7 Å². The molecule has 2 aromatic carbocycles. The van der Waals surface area contributed by atoms with Crippen molar-refractivity contribution in [2.75, 3.05) is 0 Å². The van der Waals surface area contributed by atoms with E-state index in [1.54, 1.807) is 12.1 Å². The Morgan fingerprint density at radius 2 is 1.39 bits per heavy atom. The summed E-state index contributed by atoms with van der Waals surface area (Å²) in [7, 11) is 0. The van der Waals surface area contributed by atoms with Gasteiger partial charge in [0.05, 0.1) is 17.0 Å². The van der Waals surface area contributed by atoms with Crippen LogP contribution in [0.25, 0.3) is 11.1 Å². The normalized spacial score (nSPS) is 20.3. The number of nitrogens with zero attached hydrogens (tertiary/aromatic N) is 1. The highest BCUT2D eigenvalue weighted by Crippen LogP contribution is 2.45. The number of hydrogen-bond donors (Lipinski definition) is 1. The second kappa shape index (κ2) is 12.6. The molecule has 0 radical (unpaired) electrons. The van der Waals surface area contributed by atoms with E-state index in [9.17, 15) is 10.1 Å². The minimum Gasteiger partial charge on any atom is -0.478 e. The molecule has 176 valence electrons. The third kappa shape index (κ3) is 7.19. The number of nitriles is 1. The maximum atomic E-state index is 11.0. The van der Waals surface area contributed by atoms with Crippen LogP contribution in [0.5, 0.6) is 0 Å². The highest BCUT2D eigenvalue weighted by Gasteiger charge is 2.35. The van der Waals surface area contributed by atoms with Crippen molar-refractivity contribution >= 4 is 5.97 Å². The van der Waals surface area contributed by atoms with Crippen molar-refractivity contribution in [1.29, 1.82) is 5.26 Å². The number of carbonyl (C=O) groups is 1. The molecule has 1 fully saturated rings. The quantitative estimate of drug-likeness (QED) is 0.332. The van der Waals surface area contributed by atoms with Crippen LogP contribution in [0.3, 0.4) is 0 Å². The van der Waals surface area contributed by atoms with Crippen LogP contribution in [-0.2, 0) is 0 Å². The SMILES string of the molecule is CCCCCCCCCCC1(C#N)CCC(c2ccc(-c3ccc(C(=O)O)cc3)cc2)CC1. The van der Waals surface area contributed by atoms with E-state index in [1.807, 2.05) is 12.1 Å². The third-order valence-electron chi connectivity index (χ3n) is 7.54. The fraction of sp³-hybridized carbons (Fsp3) is 0.533. The summed E-state index contributed by atoms with van der Waals surface area (Å²) in [5.41, 5.74) is 3.70. The van der Waals surface area contributed by atoms with Crippen LogP contribution in [0.4, 0.5) is 0 Å². The highest BCUT2D eigenvalue weighted by atomic mass is 16.4. The molecule has 0 amide bonds. The lowest BCUT2D eigenvalue weighted by atomic mass is 9.67. The minimum absolute atomic E-state index is 0.107. The summed E-state index contributed by atoms with van der Waals surface area (Å²) in [5.74, 6) is -0.362. The van der Waals surface area contributed by atoms with Crippen LogP contribution in [0.1, 0.15) is 112 Å². The summed E-state index contributed by atoms with van der Waals surface area (Å²) < 4.78 is 0. The van der Waals surface area contributed by atoms with Crippen molar-refractivity contribution < 1.29 is 9.90 Å². The van der Waals surface area contributed by atoms with Crippen LogP contribution < -0.4 is 0 Å². The zero-order valence-electron chi connectivity index (χ0n) is 20.2. The first-order valence-corrected chi connectivity index (χ1v) is 12.9. The molecular formula is C30H39NO2. The molecule has 3 rings (SSSR count). The number of rotatable bonds is 12. The standard InChI is InChI=1S/C30H39NO2/c1-2-3-4-5-6-7-8-9-20-30(23-31)21-18-27(19-22-30)26-12-10-24(11-13-26)25-14-16-28(17-15-25)29(32)33/h10-17,27H,2-9,18-22H2,1H3,(H,32,33). The molecule has 3 heteroatoms. The number of unbranched alkanes of at least 4 members (excludes halogenated alkanes) is 7. The molecule has 0 atom stereocenters. The molecule has 3 nitrogen and oxygen atoms in total. The fourth-order valence-electron chi connectivity index (χ4n) is 5.27. The molecule has 0 aromatic heterocycles. The van der Waals surface area contributed by atoms with E-state index in [0.29, 0.717) is 11.5 Å². The Labute approximate surface area is 199 Å². The van der Waals surface area contributed by atoms with Crippen LogP contribution in [0, 0.1) is 16.7 Å². The molecule has 1 saturated carbocycles. The molecule has 0 spiro atoms. The molecule has 1 aliphatic carbocycles. The fourth-order valence-corrected chi connectivity index (χ4v) is 5.27. The molecule has 1 N–H and O–H groups in total. The van der Waals surface area contributed by atoms with Gasteiger partial charge in [0.15, 0.2) is 0 Å². The van der Waals surface area contributed by atoms with Gasteiger partial charge in [-0.25, -0.2) is 4.79 Å². The summed E-state index contributed by atoms with van der Waals surface area (Å²) in [6.45, 7) is 2.26. The van der Waals surface area contributed by atoms with Crippen molar-refractivity contribution in [3.8, 4) is 17.2 Å². The van der Waals surface area contributed by atoms with E-state index in [4.69, 9.17) is 5.11 Å². The van der Waals surface area contributed by atoms with Crippen molar-refractivity contribution in [1.82, 2.24) is 0 Å². The van der Waals surface area contributed by atoms with Gasteiger partial charge in [0.1, 0.15) is 0 Å². The van der Waals surface area contributed by atoms with Crippen molar-refractivity contribution in [2.45, 2.75) is 96.3 Å². The maximum Gasteiger partial charge on any atom is 0.335 e. The topological polar surface area (TPSA) is 61.1 Å². The second-order valence-electron chi connectivity index (χ2n) is 9.90. The first kappa shape index (κ1) is 25.0. The summed E-state index contributed by atoms with van der Waals surface area (Å²) in [6, 6.07) is 18.4. The van der Waals surface area contributed by atoms with E-state index >= 15 is 0 Å². The zero-order valence-corrected chi connectivity index (χ0v) is 20.2. The van der Waals surface area contributed by atoms with Crippen LogP contribution >= 0.6 is 0 Å². The second-order valence-corrected chi connectivity index (χ2v) is 9.90. The van der Waals surface area contributed by atoms with E-state index in [-0.39, 0.29) is 5.41 Å². The highest BCUT2D eigenvalue weighted by molar-refractivity contribution is 5.88. The molecule has 0 aliphatic heterocycles. The summed E-state index contributed by atoms with van der Waals surface area (Å²) >= 11 is 0. The Hall–Kier alpha value is -2.60. The Balaban J connectivity index is 1.46. The number of carboxylic acids is 1. The van der Waals surface area contributed by atoms with E-state index < -0.39 is 5.97 Å². The van der Waals surface area contributed by atoms with Crippen molar-refractivity contribution in [2.24, 2.45) is 5.41 Å². The van der Waals surface area contributed by atoms with Gasteiger partial charge in [-0.2, -0.15) is 5.26 Å². The van der Waals surface area contributed by atoms with Gasteiger partial charge in [0.2, 0.25) is 0 Å². The van der Waals surface area contributed by atoms with E-state index in [0.717, 1.165) is 43.2 Å². The Morgan fingerprint density at radius 3 is 1.91 bits per heavy atom. The zero-order chi connectivity index (χ0) is 23.5. The molecule has 0 heterocycles. The van der Waals surface area contributed by atoms with Gasteiger partial charge in [0, 0.05) is 0 Å². The average Bonchev–Trinajstić information content (AvgIpc) is 2.86. The van der Waals surface area contributed by atoms with Crippen molar-refractivity contribution in [3.63, 3.8) is 0 Å². The Bertz CT molecular complexity index is 900. The monoisotopic (exact) mass is 445 g/mol. The van der Waals surface area contributed by atoms with Gasteiger partial charge in [0.25, 0.3) is 0 Å². The summed E-state index contributed by atoms with van der Waals surface area (Å²) in [5, 5.41) is 19.0. The number of hydrogen-bond acceptors (Lipinski definition) is 2. The Kier molecular flexibility index (Phi) is 9.55. The summed E-state index contributed by atoms with van der Waals surface area (Å²) in [6.07, 6.45) is 15.8. The lowest BCUT2D eigenvalue weighted by Gasteiger charge is -2.35. The smallest absolute Gasteiger partial charge is 0.335 e. The van der Waals surface area contributed by atoms with Gasteiger partial charge < -0.3 is 5.11 Å². The van der Waals surface area contributed by atoms with Gasteiger partial charge in [-0.1, -0.05) is 94.7 Å². The third-order valence-corrected chi connectivity index (χ3v) is 7.54. The molecule has 2 aromatic rings. The van der Waals surface area contributed by atoms with Gasteiger partial charge in [-0.3, -0.25) is 0 Å². The van der Waals surface area contributed by atoms with Crippen LogP contribution in [0.2, 0.25) is 0 Å². The van der Waals surface area contributed by atoms with Crippen LogP contribution in [-0.4, -0.2) is 11.1 Å². The number of carboxylic acid groups (broad SMARTS) is 1. The lowest BCUT2D eigenvalue weighted by Crippen LogP contribution is -2.25. The molecule has 0 saturated heterocycles. The number of aromatic carboxylic acids is 1. The molecule has 0 bridgehead atoms. The predicted molar refractivity (Wildman–Crippen MR) is 135 cm³/mol. The lowest BCUT2D eigenvalue weighted by molar-refractivity contribution is 0.0697. The van der Waals surface area contributed by atoms with Gasteiger partial charge in [-0.05, 0) is 66.8 Å². The maximum absolute atomic E-state index is 11.0. The molecule has 33 heavy (non-hydrogen) atoms. The molecular weight excluding hydrogens is 406 g/mol. The number of benzene rings is 2. The largest absolute Gasteiger partial charge is 0.478 e. The Morgan fingerprint density at radius 1 is 0.879 bits per heavy atom. The first-order valence-electron chi connectivity index (χ1n) is 12.9.